The zero-order valence-corrected chi connectivity index (χ0v) is 18.2. The zero-order chi connectivity index (χ0) is 22.9. The van der Waals surface area contributed by atoms with Gasteiger partial charge in [0.25, 0.3) is 0 Å². The van der Waals surface area contributed by atoms with Crippen molar-refractivity contribution in [2.45, 2.75) is 11.0 Å². The molecular formula is C20H23N3O6S2. The minimum Gasteiger partial charge on any atom is -0.496 e. The highest BCUT2D eigenvalue weighted by Gasteiger charge is 2.15. The average molecular weight is 466 g/mol. The van der Waals surface area contributed by atoms with Gasteiger partial charge in [-0.3, -0.25) is 10.1 Å². The normalized spacial score (nSPS) is 12.4. The van der Waals surface area contributed by atoms with Gasteiger partial charge in [-0.1, -0.05) is 18.2 Å². The maximum Gasteiger partial charge on any atom is 0.250 e. The molecule has 11 heteroatoms. The summed E-state index contributed by atoms with van der Waals surface area (Å²) >= 11 is 5.10. The summed E-state index contributed by atoms with van der Waals surface area (Å²) in [5.41, 5.74) is 1.20. The predicted octanol–water partition coefficient (Wildman–Crippen LogP) is 0.853. The molecule has 166 valence electrons. The molecule has 0 saturated heterocycles. The molecule has 0 radical (unpaired) electrons. The number of sulfonamides is 1. The molecule has 0 aliphatic heterocycles. The number of nitrogens with one attached hydrogen (secondary N) is 3. The number of para-hydroxylation sites is 1. The van der Waals surface area contributed by atoms with Crippen LogP contribution in [0.5, 0.6) is 5.75 Å². The fraction of sp³-hybridized carbons (Fsp3) is 0.200. The Hall–Kier alpha value is -2.83. The summed E-state index contributed by atoms with van der Waals surface area (Å²) in [5, 5.41) is 23.3. The topological polar surface area (TPSA) is 137 Å². The first-order valence-electron chi connectivity index (χ1n) is 9.07. The molecule has 1 unspecified atom stereocenters. The number of thiocarbonyl (C=S) groups is 1. The van der Waals surface area contributed by atoms with Gasteiger partial charge in [-0.05, 0) is 48.6 Å². The molecule has 0 fully saturated rings. The Morgan fingerprint density at radius 2 is 1.87 bits per heavy atom. The minimum absolute atomic E-state index is 0.0297. The number of rotatable bonds is 9. The first kappa shape index (κ1) is 24.4. The number of hydrogen-bond acceptors (Lipinski definition) is 7. The highest BCUT2D eigenvalue weighted by atomic mass is 32.2. The van der Waals surface area contributed by atoms with Crippen molar-refractivity contribution in [3.63, 3.8) is 0 Å². The van der Waals surface area contributed by atoms with Crippen molar-refractivity contribution in [2.24, 2.45) is 0 Å². The highest BCUT2D eigenvalue weighted by Crippen LogP contribution is 2.18. The number of aliphatic hydroxyl groups is 2. The lowest BCUT2D eigenvalue weighted by atomic mass is 10.2. The molecule has 0 aliphatic rings. The molecule has 0 aliphatic carbocycles. The molecular weight excluding hydrogens is 442 g/mol. The Balaban J connectivity index is 1.92. The zero-order valence-electron chi connectivity index (χ0n) is 16.6. The van der Waals surface area contributed by atoms with Gasteiger partial charge in [0.05, 0.1) is 24.7 Å². The monoisotopic (exact) mass is 465 g/mol. The Bertz CT molecular complexity index is 1040. The number of benzene rings is 2. The van der Waals surface area contributed by atoms with Crippen LogP contribution >= 0.6 is 12.2 Å². The summed E-state index contributed by atoms with van der Waals surface area (Å²) < 4.78 is 31.7. The van der Waals surface area contributed by atoms with E-state index in [-0.39, 0.29) is 16.6 Å². The Morgan fingerprint density at radius 1 is 1.19 bits per heavy atom. The molecule has 0 heterocycles. The fourth-order valence-electron chi connectivity index (χ4n) is 2.36. The van der Waals surface area contributed by atoms with Gasteiger partial charge in [-0.25, -0.2) is 13.1 Å². The number of hydrogen-bond donors (Lipinski definition) is 5. The van der Waals surface area contributed by atoms with Crippen molar-refractivity contribution in [2.75, 3.05) is 25.6 Å². The highest BCUT2D eigenvalue weighted by molar-refractivity contribution is 7.89. The van der Waals surface area contributed by atoms with Crippen LogP contribution < -0.4 is 20.1 Å². The third kappa shape index (κ3) is 7.74. The number of aliphatic hydroxyl groups excluding tert-OH is 2. The molecule has 1 atom stereocenters. The van der Waals surface area contributed by atoms with E-state index < -0.39 is 28.6 Å². The van der Waals surface area contributed by atoms with Crippen LogP contribution in [0.4, 0.5) is 5.69 Å². The molecule has 0 bridgehead atoms. The molecule has 2 aromatic carbocycles. The molecule has 31 heavy (non-hydrogen) atoms. The SMILES string of the molecule is COc1ccccc1/C=C/C(=O)NC(=S)Nc1ccc(S(=O)(=O)NCC(O)CO)cc1. The molecule has 2 aromatic rings. The van der Waals surface area contributed by atoms with Gasteiger partial charge in [0.15, 0.2) is 5.11 Å². The van der Waals surface area contributed by atoms with Crippen LogP contribution in [0.3, 0.4) is 0 Å². The van der Waals surface area contributed by atoms with E-state index in [9.17, 15) is 18.3 Å². The number of amides is 1. The Kier molecular flexibility index (Phi) is 9.09. The first-order valence-corrected chi connectivity index (χ1v) is 11.0. The minimum atomic E-state index is -3.84. The second-order valence-corrected chi connectivity index (χ2v) is 8.41. The van der Waals surface area contributed by atoms with E-state index in [1.807, 2.05) is 12.1 Å². The van der Waals surface area contributed by atoms with Crippen molar-refractivity contribution in [1.82, 2.24) is 10.0 Å². The van der Waals surface area contributed by atoms with Crippen molar-refractivity contribution >= 4 is 45.0 Å². The van der Waals surface area contributed by atoms with Crippen LogP contribution in [0.15, 0.2) is 59.5 Å². The molecule has 0 spiro atoms. The van der Waals surface area contributed by atoms with Crippen LogP contribution in [0, 0.1) is 0 Å². The van der Waals surface area contributed by atoms with E-state index >= 15 is 0 Å². The van der Waals surface area contributed by atoms with Crippen molar-refractivity contribution in [3.05, 3.63) is 60.2 Å². The van der Waals surface area contributed by atoms with Crippen LogP contribution in [0.2, 0.25) is 0 Å². The Labute approximate surface area is 185 Å². The maximum absolute atomic E-state index is 12.1. The van der Waals surface area contributed by atoms with Gasteiger partial charge in [-0.15, -0.1) is 0 Å². The molecule has 2 rings (SSSR count). The van der Waals surface area contributed by atoms with Gasteiger partial charge in [0.1, 0.15) is 5.75 Å². The Morgan fingerprint density at radius 3 is 2.52 bits per heavy atom. The molecule has 9 nitrogen and oxygen atoms in total. The van der Waals surface area contributed by atoms with Gasteiger partial charge in [0, 0.05) is 23.9 Å². The summed E-state index contributed by atoms with van der Waals surface area (Å²) in [6.07, 6.45) is 1.72. The molecule has 0 aromatic heterocycles. The summed E-state index contributed by atoms with van der Waals surface area (Å²) in [4.78, 5) is 12.0. The molecule has 0 saturated carbocycles. The van der Waals surface area contributed by atoms with E-state index in [1.165, 1.54) is 37.5 Å². The first-order chi connectivity index (χ1) is 14.7. The average Bonchev–Trinajstić information content (AvgIpc) is 2.76. The lowest BCUT2D eigenvalue weighted by Gasteiger charge is -2.11. The standard InChI is InChI=1S/C20H23N3O6S2/c1-29-18-5-3-2-4-14(18)6-11-19(26)23-20(30)22-15-7-9-17(10-8-15)31(27,28)21-12-16(25)13-24/h2-11,16,21,24-25H,12-13H2,1H3,(H2,22,23,26,30)/b11-6+. The second kappa shape index (κ2) is 11.5. The summed E-state index contributed by atoms with van der Waals surface area (Å²) in [5.74, 6) is 0.178. The number of ether oxygens (including phenoxy) is 1. The van der Waals surface area contributed by atoms with Gasteiger partial charge in [0.2, 0.25) is 15.9 Å². The van der Waals surface area contributed by atoms with Crippen LogP contribution in [0.1, 0.15) is 5.56 Å². The van der Waals surface area contributed by atoms with Gasteiger partial charge < -0.3 is 20.3 Å². The van der Waals surface area contributed by atoms with E-state index in [1.54, 1.807) is 18.2 Å². The summed E-state index contributed by atoms with van der Waals surface area (Å²) in [6.45, 7) is -0.861. The van der Waals surface area contributed by atoms with Crippen molar-refractivity contribution < 1.29 is 28.2 Å². The third-order valence-electron chi connectivity index (χ3n) is 3.93. The van der Waals surface area contributed by atoms with Crippen LogP contribution in [0.25, 0.3) is 6.08 Å². The van der Waals surface area contributed by atoms with E-state index in [2.05, 4.69) is 15.4 Å². The van der Waals surface area contributed by atoms with E-state index in [0.717, 1.165) is 5.56 Å². The predicted molar refractivity (Wildman–Crippen MR) is 121 cm³/mol. The number of carbonyl (C=O) groups excluding carboxylic acids is 1. The maximum atomic E-state index is 12.1. The van der Waals surface area contributed by atoms with Crippen LogP contribution in [-0.4, -0.2) is 56.0 Å². The van der Waals surface area contributed by atoms with Crippen molar-refractivity contribution in [3.8, 4) is 5.75 Å². The number of methoxy groups -OCH3 is 1. The van der Waals surface area contributed by atoms with E-state index in [4.69, 9.17) is 22.1 Å². The quantitative estimate of drug-likeness (QED) is 0.272. The third-order valence-corrected chi connectivity index (χ3v) is 5.58. The number of carbonyl (C=O) groups is 1. The molecule has 1 amide bonds. The fourth-order valence-corrected chi connectivity index (χ4v) is 3.65. The number of anilines is 1. The lowest BCUT2D eigenvalue weighted by Crippen LogP contribution is -2.34. The van der Waals surface area contributed by atoms with E-state index in [0.29, 0.717) is 11.4 Å². The van der Waals surface area contributed by atoms with Gasteiger partial charge >= 0.3 is 0 Å². The summed E-state index contributed by atoms with van der Waals surface area (Å²) in [6, 6.07) is 12.8. The van der Waals surface area contributed by atoms with Crippen molar-refractivity contribution in [1.29, 1.82) is 0 Å². The van der Waals surface area contributed by atoms with Crippen LogP contribution in [-0.2, 0) is 14.8 Å². The lowest BCUT2D eigenvalue weighted by molar-refractivity contribution is -0.115. The largest absolute Gasteiger partial charge is 0.496 e. The molecule has 5 N–H and O–H groups in total. The summed E-state index contributed by atoms with van der Waals surface area (Å²) in [7, 11) is -2.30. The smallest absolute Gasteiger partial charge is 0.250 e. The van der Waals surface area contributed by atoms with Gasteiger partial charge in [-0.2, -0.15) is 0 Å². The second-order valence-electron chi connectivity index (χ2n) is 6.23.